The number of benzene rings is 1. The van der Waals surface area contributed by atoms with Gasteiger partial charge in [-0.3, -0.25) is 0 Å². The molecule has 0 unspecified atom stereocenters. The summed E-state index contributed by atoms with van der Waals surface area (Å²) in [6.45, 7) is 0. The molecule has 3 rings (SSSR count). The van der Waals surface area contributed by atoms with Crippen LogP contribution in [0.15, 0.2) is 12.1 Å². The summed E-state index contributed by atoms with van der Waals surface area (Å²) < 4.78 is 5.55. The van der Waals surface area contributed by atoms with E-state index in [9.17, 15) is 0 Å². The maximum absolute atomic E-state index is 6.76. The van der Waals surface area contributed by atoms with Crippen molar-refractivity contribution in [3.63, 3.8) is 0 Å². The van der Waals surface area contributed by atoms with Crippen LogP contribution in [0.5, 0.6) is 5.75 Å². The van der Waals surface area contributed by atoms with Gasteiger partial charge in [-0.25, -0.2) is 0 Å². The number of methoxy groups -OCH3 is 1. The third-order valence-corrected chi connectivity index (χ3v) is 4.99. The molecule has 2 N–H and O–H groups in total. The maximum Gasteiger partial charge on any atom is 0.122 e. The van der Waals surface area contributed by atoms with E-state index in [1.807, 2.05) is 0 Å². The normalized spacial score (nSPS) is 21.8. The minimum atomic E-state index is -0.0774. The Labute approximate surface area is 116 Å². The fraction of sp³-hybridized carbons (Fsp3) is 0.647. The molecule has 2 nitrogen and oxygen atoms in total. The molecule has 2 heteroatoms. The van der Waals surface area contributed by atoms with E-state index in [2.05, 4.69) is 12.1 Å². The average molecular weight is 259 g/mol. The summed E-state index contributed by atoms with van der Waals surface area (Å²) in [5.41, 5.74) is 11.0. The van der Waals surface area contributed by atoms with Crippen LogP contribution in [0.1, 0.15) is 61.6 Å². The van der Waals surface area contributed by atoms with Gasteiger partial charge in [-0.15, -0.1) is 0 Å². The zero-order chi connectivity index (χ0) is 13.3. The van der Waals surface area contributed by atoms with Gasteiger partial charge in [-0.1, -0.05) is 25.3 Å². The van der Waals surface area contributed by atoms with Gasteiger partial charge in [0.05, 0.1) is 7.11 Å². The van der Waals surface area contributed by atoms with E-state index in [0.717, 1.165) is 25.0 Å². The fourth-order valence-corrected chi connectivity index (χ4v) is 3.94. The Kier molecular flexibility index (Phi) is 3.53. The summed E-state index contributed by atoms with van der Waals surface area (Å²) >= 11 is 0. The van der Waals surface area contributed by atoms with E-state index in [4.69, 9.17) is 10.5 Å². The van der Waals surface area contributed by atoms with E-state index in [-0.39, 0.29) is 5.54 Å². The molecule has 0 saturated heterocycles. The largest absolute Gasteiger partial charge is 0.496 e. The van der Waals surface area contributed by atoms with Gasteiger partial charge in [-0.05, 0) is 61.3 Å². The average Bonchev–Trinajstić information content (AvgIpc) is 2.46. The topological polar surface area (TPSA) is 35.2 Å². The van der Waals surface area contributed by atoms with Gasteiger partial charge in [0.1, 0.15) is 5.75 Å². The van der Waals surface area contributed by atoms with Crippen LogP contribution in [0.4, 0.5) is 0 Å². The number of hydrogen-bond donors (Lipinski definition) is 1. The molecule has 0 spiro atoms. The van der Waals surface area contributed by atoms with Crippen molar-refractivity contribution >= 4 is 0 Å². The summed E-state index contributed by atoms with van der Waals surface area (Å²) in [6.07, 6.45) is 11.1. The van der Waals surface area contributed by atoms with Crippen LogP contribution in [-0.2, 0) is 18.4 Å². The van der Waals surface area contributed by atoms with Gasteiger partial charge < -0.3 is 10.5 Å². The Bertz CT molecular complexity index is 461. The molecule has 2 aliphatic carbocycles. The van der Waals surface area contributed by atoms with Crippen LogP contribution >= 0.6 is 0 Å². The molecule has 0 atom stereocenters. The van der Waals surface area contributed by atoms with E-state index in [1.165, 1.54) is 55.2 Å². The van der Waals surface area contributed by atoms with Gasteiger partial charge in [0.2, 0.25) is 0 Å². The third kappa shape index (κ3) is 2.27. The lowest BCUT2D eigenvalue weighted by atomic mass is 9.73. The summed E-state index contributed by atoms with van der Waals surface area (Å²) in [7, 11) is 1.78. The fourth-order valence-electron chi connectivity index (χ4n) is 3.94. The van der Waals surface area contributed by atoms with Crippen molar-refractivity contribution in [3.05, 3.63) is 28.8 Å². The van der Waals surface area contributed by atoms with Crippen LogP contribution in [-0.4, -0.2) is 7.11 Å². The zero-order valence-corrected chi connectivity index (χ0v) is 12.0. The van der Waals surface area contributed by atoms with Crippen molar-refractivity contribution in [2.75, 3.05) is 7.11 Å². The molecule has 0 aromatic heterocycles. The quantitative estimate of drug-likeness (QED) is 0.879. The van der Waals surface area contributed by atoms with Crippen molar-refractivity contribution < 1.29 is 4.74 Å². The lowest BCUT2D eigenvalue weighted by Gasteiger charge is -2.37. The first-order valence-corrected chi connectivity index (χ1v) is 7.73. The molecule has 1 aromatic carbocycles. The monoisotopic (exact) mass is 259 g/mol. The molecule has 19 heavy (non-hydrogen) atoms. The molecular weight excluding hydrogens is 234 g/mol. The summed E-state index contributed by atoms with van der Waals surface area (Å²) in [5.74, 6) is 1.07. The predicted molar refractivity (Wildman–Crippen MR) is 78.6 cm³/mol. The third-order valence-electron chi connectivity index (χ3n) is 4.99. The molecule has 0 aliphatic heterocycles. The highest BCUT2D eigenvalue weighted by molar-refractivity contribution is 5.49. The number of nitrogens with two attached hydrogens (primary N) is 1. The Morgan fingerprint density at radius 3 is 2.32 bits per heavy atom. The van der Waals surface area contributed by atoms with Crippen molar-refractivity contribution in [1.82, 2.24) is 0 Å². The Balaban J connectivity index is 2.06. The SMILES string of the molecule is COc1ccc(C2(N)CCCCC2)c2c1CCCC2. The second kappa shape index (κ2) is 5.16. The smallest absolute Gasteiger partial charge is 0.122 e. The lowest BCUT2D eigenvalue weighted by molar-refractivity contribution is 0.299. The second-order valence-corrected chi connectivity index (χ2v) is 6.20. The summed E-state index contributed by atoms with van der Waals surface area (Å²) in [4.78, 5) is 0. The Morgan fingerprint density at radius 2 is 1.63 bits per heavy atom. The first-order valence-electron chi connectivity index (χ1n) is 7.73. The van der Waals surface area contributed by atoms with Crippen molar-refractivity contribution in [3.8, 4) is 5.75 Å². The molecule has 1 aromatic rings. The number of ether oxygens (including phenoxy) is 1. The van der Waals surface area contributed by atoms with Gasteiger partial charge >= 0.3 is 0 Å². The van der Waals surface area contributed by atoms with Crippen LogP contribution < -0.4 is 10.5 Å². The highest BCUT2D eigenvalue weighted by Gasteiger charge is 2.33. The standard InChI is InChI=1S/C17H25NO/c1-19-16-10-9-15(13-7-3-4-8-14(13)16)17(18)11-5-2-6-12-17/h9-10H,2-8,11-12,18H2,1H3. The number of fused-ring (bicyclic) bond motifs is 1. The molecule has 0 radical (unpaired) electrons. The van der Waals surface area contributed by atoms with Crippen LogP contribution in [0, 0.1) is 0 Å². The zero-order valence-electron chi connectivity index (χ0n) is 12.0. The van der Waals surface area contributed by atoms with Crippen molar-refractivity contribution in [2.45, 2.75) is 63.3 Å². The first kappa shape index (κ1) is 13.0. The molecule has 0 amide bonds. The highest BCUT2D eigenvalue weighted by atomic mass is 16.5. The van der Waals surface area contributed by atoms with Crippen molar-refractivity contribution in [1.29, 1.82) is 0 Å². The molecule has 1 fully saturated rings. The second-order valence-electron chi connectivity index (χ2n) is 6.20. The minimum absolute atomic E-state index is 0.0774. The maximum atomic E-state index is 6.76. The van der Waals surface area contributed by atoms with Gasteiger partial charge in [0.25, 0.3) is 0 Å². The molecule has 2 aliphatic rings. The van der Waals surface area contributed by atoms with Crippen molar-refractivity contribution in [2.24, 2.45) is 5.73 Å². The first-order chi connectivity index (χ1) is 9.24. The minimum Gasteiger partial charge on any atom is -0.496 e. The van der Waals surface area contributed by atoms with E-state index >= 15 is 0 Å². The molecule has 104 valence electrons. The molecular formula is C17H25NO. The van der Waals surface area contributed by atoms with E-state index in [1.54, 1.807) is 7.11 Å². The predicted octanol–water partition coefficient (Wildman–Crippen LogP) is 3.69. The number of hydrogen-bond acceptors (Lipinski definition) is 2. The van der Waals surface area contributed by atoms with Crippen LogP contribution in [0.2, 0.25) is 0 Å². The Morgan fingerprint density at radius 1 is 0.947 bits per heavy atom. The van der Waals surface area contributed by atoms with Gasteiger partial charge in [0.15, 0.2) is 0 Å². The van der Waals surface area contributed by atoms with Gasteiger partial charge in [0, 0.05) is 5.54 Å². The van der Waals surface area contributed by atoms with Gasteiger partial charge in [-0.2, -0.15) is 0 Å². The highest BCUT2D eigenvalue weighted by Crippen LogP contribution is 2.41. The molecule has 1 saturated carbocycles. The Hall–Kier alpha value is -1.02. The lowest BCUT2D eigenvalue weighted by Crippen LogP contribution is -2.40. The van der Waals surface area contributed by atoms with E-state index in [0.29, 0.717) is 0 Å². The van der Waals surface area contributed by atoms with Crippen LogP contribution in [0.25, 0.3) is 0 Å². The summed E-state index contributed by atoms with van der Waals surface area (Å²) in [6, 6.07) is 4.39. The van der Waals surface area contributed by atoms with E-state index < -0.39 is 0 Å². The number of rotatable bonds is 2. The molecule has 0 heterocycles. The molecule has 0 bridgehead atoms. The summed E-state index contributed by atoms with van der Waals surface area (Å²) in [5, 5.41) is 0. The van der Waals surface area contributed by atoms with Crippen LogP contribution in [0.3, 0.4) is 0 Å².